The Labute approximate surface area is 140 Å². The Balaban J connectivity index is 1.35. The van der Waals surface area contributed by atoms with Crippen LogP contribution in [0.15, 0.2) is 24.3 Å². The van der Waals surface area contributed by atoms with Crippen molar-refractivity contribution < 1.29 is 23.8 Å². The van der Waals surface area contributed by atoms with Crippen LogP contribution in [0.2, 0.25) is 0 Å². The van der Waals surface area contributed by atoms with Crippen LogP contribution >= 0.6 is 0 Å². The van der Waals surface area contributed by atoms with Gasteiger partial charge in [-0.3, -0.25) is 9.59 Å². The molecule has 0 bridgehead atoms. The van der Waals surface area contributed by atoms with Gasteiger partial charge in [-0.2, -0.15) is 0 Å². The van der Waals surface area contributed by atoms with Crippen LogP contribution in [0.25, 0.3) is 0 Å². The number of nitrogens with zero attached hydrogens (tertiary/aromatic N) is 1. The van der Waals surface area contributed by atoms with E-state index in [9.17, 15) is 14.0 Å². The quantitative estimate of drug-likeness (QED) is 0.812. The number of rotatable bonds is 6. The highest BCUT2D eigenvalue weighted by atomic mass is 19.1. The summed E-state index contributed by atoms with van der Waals surface area (Å²) >= 11 is 0. The van der Waals surface area contributed by atoms with E-state index in [0.717, 1.165) is 19.3 Å². The molecule has 1 spiro atoms. The molecule has 3 rings (SSSR count). The Morgan fingerprint density at radius 1 is 1.33 bits per heavy atom. The first kappa shape index (κ1) is 16.7. The maximum absolute atomic E-state index is 13.0. The first-order valence-corrected chi connectivity index (χ1v) is 8.39. The van der Waals surface area contributed by atoms with E-state index in [0.29, 0.717) is 38.3 Å². The molecule has 1 unspecified atom stereocenters. The fraction of sp³-hybridized carbons (Fsp3) is 0.556. The lowest BCUT2D eigenvalue weighted by Crippen LogP contribution is -2.40. The first-order chi connectivity index (χ1) is 11.5. The molecule has 1 N–H and O–H groups in total. The number of piperidine rings is 1. The molecule has 1 atom stereocenters. The number of carbonyl (C=O) groups excluding carboxylic acids is 1. The zero-order valence-electron chi connectivity index (χ0n) is 13.5. The van der Waals surface area contributed by atoms with Crippen LogP contribution in [-0.2, 0) is 9.59 Å². The molecule has 1 heterocycles. The van der Waals surface area contributed by atoms with Crippen LogP contribution in [0.4, 0.5) is 4.39 Å². The fourth-order valence-electron chi connectivity index (χ4n) is 3.58. The van der Waals surface area contributed by atoms with Crippen LogP contribution in [0.1, 0.15) is 32.1 Å². The summed E-state index contributed by atoms with van der Waals surface area (Å²) in [5.74, 6) is -0.708. The molecule has 1 aliphatic carbocycles. The highest BCUT2D eigenvalue weighted by molar-refractivity contribution is 5.77. The standard InChI is InChI=1S/C18H22FNO4/c19-13-3-1-4-14(11-13)24-10-2-5-16(21)20-8-6-18(7-9-20)12-15(18)17(22)23/h1,3-4,11,15H,2,5-10,12H2,(H,22,23). The van der Waals surface area contributed by atoms with Gasteiger partial charge in [0, 0.05) is 25.6 Å². The SMILES string of the molecule is O=C(O)C1CC12CCN(C(=O)CCCOc1cccc(F)c1)CC2. The van der Waals surface area contributed by atoms with Crippen molar-refractivity contribution in [1.29, 1.82) is 0 Å². The predicted octanol–water partition coefficient (Wildman–Crippen LogP) is 2.70. The number of amides is 1. The van der Waals surface area contributed by atoms with E-state index >= 15 is 0 Å². The predicted molar refractivity (Wildman–Crippen MR) is 85.1 cm³/mol. The molecular weight excluding hydrogens is 313 g/mol. The molecule has 0 aromatic heterocycles. The minimum absolute atomic E-state index is 0.0525. The number of carboxylic acid groups (broad SMARTS) is 1. The number of benzene rings is 1. The molecule has 5 nitrogen and oxygen atoms in total. The minimum atomic E-state index is -0.704. The van der Waals surface area contributed by atoms with Crippen molar-refractivity contribution in [3.05, 3.63) is 30.1 Å². The molecule has 1 aliphatic heterocycles. The summed E-state index contributed by atoms with van der Waals surface area (Å²) < 4.78 is 18.4. The molecule has 1 amide bonds. The zero-order chi connectivity index (χ0) is 17.2. The second-order valence-electron chi connectivity index (χ2n) is 6.75. The maximum atomic E-state index is 13.0. The van der Waals surface area contributed by atoms with Gasteiger partial charge in [-0.1, -0.05) is 6.07 Å². The van der Waals surface area contributed by atoms with Crippen molar-refractivity contribution in [3.63, 3.8) is 0 Å². The van der Waals surface area contributed by atoms with Crippen LogP contribution in [0, 0.1) is 17.2 Å². The average Bonchev–Trinajstić information content (AvgIpc) is 3.26. The molecule has 1 saturated carbocycles. The Kier molecular flexibility index (Phi) is 4.73. The van der Waals surface area contributed by atoms with E-state index in [1.54, 1.807) is 12.1 Å². The van der Waals surface area contributed by atoms with E-state index in [-0.39, 0.29) is 23.1 Å². The lowest BCUT2D eigenvalue weighted by atomic mass is 9.90. The van der Waals surface area contributed by atoms with Gasteiger partial charge in [0.15, 0.2) is 0 Å². The van der Waals surface area contributed by atoms with Crippen molar-refractivity contribution in [1.82, 2.24) is 4.90 Å². The summed E-state index contributed by atoms with van der Waals surface area (Å²) in [5, 5.41) is 9.08. The molecule has 2 aliphatic rings. The lowest BCUT2D eigenvalue weighted by Gasteiger charge is -2.32. The molecule has 1 aromatic carbocycles. The Bertz CT molecular complexity index is 625. The summed E-state index contributed by atoms with van der Waals surface area (Å²) in [6.45, 7) is 1.66. The van der Waals surface area contributed by atoms with Gasteiger partial charge < -0.3 is 14.7 Å². The van der Waals surface area contributed by atoms with Crippen LogP contribution in [0.3, 0.4) is 0 Å². The average molecular weight is 335 g/mol. The van der Waals surface area contributed by atoms with Gasteiger partial charge in [0.25, 0.3) is 0 Å². The van der Waals surface area contributed by atoms with E-state index < -0.39 is 5.97 Å². The fourth-order valence-corrected chi connectivity index (χ4v) is 3.58. The minimum Gasteiger partial charge on any atom is -0.493 e. The van der Waals surface area contributed by atoms with Gasteiger partial charge in [-0.25, -0.2) is 4.39 Å². The number of aliphatic carboxylic acids is 1. The number of carbonyl (C=O) groups is 2. The zero-order valence-corrected chi connectivity index (χ0v) is 13.5. The van der Waals surface area contributed by atoms with Gasteiger partial charge in [-0.15, -0.1) is 0 Å². The van der Waals surface area contributed by atoms with E-state index in [4.69, 9.17) is 9.84 Å². The van der Waals surface area contributed by atoms with Crippen LogP contribution in [0.5, 0.6) is 5.75 Å². The summed E-state index contributed by atoms with van der Waals surface area (Å²) in [5.41, 5.74) is -0.0525. The number of hydrogen-bond donors (Lipinski definition) is 1. The number of ether oxygens (including phenoxy) is 1. The second-order valence-corrected chi connectivity index (χ2v) is 6.75. The summed E-state index contributed by atoms with van der Waals surface area (Å²) in [4.78, 5) is 25.1. The smallest absolute Gasteiger partial charge is 0.307 e. The van der Waals surface area contributed by atoms with Crippen molar-refractivity contribution in [3.8, 4) is 5.75 Å². The molecule has 1 saturated heterocycles. The normalized spacial score (nSPS) is 21.5. The third-order valence-electron chi connectivity index (χ3n) is 5.20. The molecule has 1 aromatic rings. The molecule has 0 radical (unpaired) electrons. The van der Waals surface area contributed by atoms with E-state index in [1.807, 2.05) is 4.90 Å². The molecule has 24 heavy (non-hydrogen) atoms. The van der Waals surface area contributed by atoms with Gasteiger partial charge in [-0.05, 0) is 43.2 Å². The molecule has 6 heteroatoms. The van der Waals surface area contributed by atoms with Gasteiger partial charge in [0.05, 0.1) is 12.5 Å². The molecule has 2 fully saturated rings. The summed E-state index contributed by atoms with van der Waals surface area (Å²) in [6, 6.07) is 5.94. The van der Waals surface area contributed by atoms with Gasteiger partial charge in [0.2, 0.25) is 5.91 Å². The molecule has 130 valence electrons. The Morgan fingerprint density at radius 2 is 2.08 bits per heavy atom. The number of likely N-dealkylation sites (tertiary alicyclic amines) is 1. The maximum Gasteiger partial charge on any atom is 0.307 e. The van der Waals surface area contributed by atoms with E-state index in [2.05, 4.69) is 0 Å². The second kappa shape index (κ2) is 6.79. The third-order valence-corrected chi connectivity index (χ3v) is 5.20. The topological polar surface area (TPSA) is 66.8 Å². The van der Waals surface area contributed by atoms with Gasteiger partial charge >= 0.3 is 5.97 Å². The van der Waals surface area contributed by atoms with Gasteiger partial charge in [0.1, 0.15) is 11.6 Å². The monoisotopic (exact) mass is 335 g/mol. The van der Waals surface area contributed by atoms with Crippen molar-refractivity contribution in [2.24, 2.45) is 11.3 Å². The van der Waals surface area contributed by atoms with Crippen molar-refractivity contribution >= 4 is 11.9 Å². The lowest BCUT2D eigenvalue weighted by molar-refractivity contribution is -0.139. The van der Waals surface area contributed by atoms with Crippen molar-refractivity contribution in [2.75, 3.05) is 19.7 Å². The molecular formula is C18H22FNO4. The number of halogens is 1. The summed E-state index contributed by atoms with van der Waals surface area (Å²) in [7, 11) is 0. The highest BCUT2D eigenvalue weighted by Gasteiger charge is 2.59. The third kappa shape index (κ3) is 3.68. The summed E-state index contributed by atoms with van der Waals surface area (Å²) in [6.07, 6.45) is 3.30. The van der Waals surface area contributed by atoms with Crippen LogP contribution in [-0.4, -0.2) is 41.6 Å². The number of carboxylic acids is 1. The Morgan fingerprint density at radius 3 is 2.71 bits per heavy atom. The van der Waals surface area contributed by atoms with Crippen LogP contribution < -0.4 is 4.74 Å². The van der Waals surface area contributed by atoms with Crippen molar-refractivity contribution in [2.45, 2.75) is 32.1 Å². The number of hydrogen-bond acceptors (Lipinski definition) is 3. The first-order valence-electron chi connectivity index (χ1n) is 8.39. The largest absolute Gasteiger partial charge is 0.493 e. The Hall–Kier alpha value is -2.11. The van der Waals surface area contributed by atoms with E-state index in [1.165, 1.54) is 12.1 Å². The highest BCUT2D eigenvalue weighted by Crippen LogP contribution is 2.59.